The summed E-state index contributed by atoms with van der Waals surface area (Å²) in [6.45, 7) is 3.94. The summed E-state index contributed by atoms with van der Waals surface area (Å²) in [6, 6.07) is 3.58. The van der Waals surface area contributed by atoms with Gasteiger partial charge in [-0.3, -0.25) is 9.59 Å². The van der Waals surface area contributed by atoms with Crippen molar-refractivity contribution in [2.24, 2.45) is 0 Å². The standard InChI is InChI=1S/C13H14N2O3S/c1-8-4-3-5-15(13(8)18)7-11-14-9(2)10(19-11)6-12(16)17/h3-5H,6-7H2,1-2H3,(H,16,17). The molecule has 5 nitrogen and oxygen atoms in total. The van der Waals surface area contributed by atoms with Crippen LogP contribution in [0.2, 0.25) is 0 Å². The molecule has 0 aromatic carbocycles. The van der Waals surface area contributed by atoms with Gasteiger partial charge < -0.3 is 9.67 Å². The van der Waals surface area contributed by atoms with Gasteiger partial charge in [-0.1, -0.05) is 6.07 Å². The summed E-state index contributed by atoms with van der Waals surface area (Å²) in [4.78, 5) is 27.7. The molecular formula is C13H14N2O3S. The number of thiazole rings is 1. The molecular weight excluding hydrogens is 264 g/mol. The van der Waals surface area contributed by atoms with Crippen LogP contribution in [0.25, 0.3) is 0 Å². The van der Waals surface area contributed by atoms with Crippen LogP contribution in [0.5, 0.6) is 0 Å². The van der Waals surface area contributed by atoms with Gasteiger partial charge in [0, 0.05) is 16.6 Å². The van der Waals surface area contributed by atoms with Gasteiger partial charge in [0.15, 0.2) is 0 Å². The highest BCUT2D eigenvalue weighted by molar-refractivity contribution is 7.11. The Morgan fingerprint density at radius 3 is 2.89 bits per heavy atom. The number of carboxylic acids is 1. The molecule has 0 radical (unpaired) electrons. The molecule has 2 heterocycles. The van der Waals surface area contributed by atoms with Gasteiger partial charge in [0.2, 0.25) is 0 Å². The van der Waals surface area contributed by atoms with E-state index in [9.17, 15) is 9.59 Å². The van der Waals surface area contributed by atoms with Crippen molar-refractivity contribution in [2.45, 2.75) is 26.8 Å². The van der Waals surface area contributed by atoms with Gasteiger partial charge in [-0.15, -0.1) is 11.3 Å². The molecule has 0 saturated carbocycles. The highest BCUT2D eigenvalue weighted by Crippen LogP contribution is 2.19. The Kier molecular flexibility index (Phi) is 3.80. The molecule has 2 aromatic rings. The van der Waals surface area contributed by atoms with Crippen LogP contribution in [0, 0.1) is 13.8 Å². The van der Waals surface area contributed by atoms with E-state index in [-0.39, 0.29) is 12.0 Å². The van der Waals surface area contributed by atoms with E-state index < -0.39 is 5.97 Å². The number of nitrogens with zero attached hydrogens (tertiary/aromatic N) is 2. The van der Waals surface area contributed by atoms with E-state index >= 15 is 0 Å². The summed E-state index contributed by atoms with van der Waals surface area (Å²) < 4.78 is 1.58. The molecule has 100 valence electrons. The summed E-state index contributed by atoms with van der Waals surface area (Å²) in [5.74, 6) is -0.869. The summed E-state index contributed by atoms with van der Waals surface area (Å²) in [5, 5.41) is 9.55. The maximum absolute atomic E-state index is 11.9. The Labute approximate surface area is 114 Å². The third-order valence-corrected chi connectivity index (χ3v) is 3.91. The van der Waals surface area contributed by atoms with E-state index in [1.165, 1.54) is 11.3 Å². The first-order chi connectivity index (χ1) is 8.97. The lowest BCUT2D eigenvalue weighted by Gasteiger charge is -2.03. The first-order valence-electron chi connectivity index (χ1n) is 5.80. The second-order valence-electron chi connectivity index (χ2n) is 4.31. The van der Waals surface area contributed by atoms with Crippen molar-refractivity contribution in [1.82, 2.24) is 9.55 Å². The van der Waals surface area contributed by atoms with Crippen LogP contribution in [0.3, 0.4) is 0 Å². The van der Waals surface area contributed by atoms with Gasteiger partial charge in [-0.05, 0) is 19.9 Å². The van der Waals surface area contributed by atoms with E-state index in [1.54, 1.807) is 30.7 Å². The number of aryl methyl sites for hydroxylation is 2. The minimum atomic E-state index is -0.869. The fourth-order valence-electron chi connectivity index (χ4n) is 1.78. The fourth-order valence-corrected chi connectivity index (χ4v) is 2.84. The average molecular weight is 278 g/mol. The van der Waals surface area contributed by atoms with Crippen molar-refractivity contribution in [3.05, 3.63) is 49.8 Å². The van der Waals surface area contributed by atoms with Crippen molar-refractivity contribution < 1.29 is 9.90 Å². The number of pyridine rings is 1. The summed E-state index contributed by atoms with van der Waals surface area (Å²) >= 11 is 1.35. The smallest absolute Gasteiger partial charge is 0.308 e. The normalized spacial score (nSPS) is 10.6. The first-order valence-corrected chi connectivity index (χ1v) is 6.62. The highest BCUT2D eigenvalue weighted by atomic mass is 32.1. The number of hydrogen-bond donors (Lipinski definition) is 1. The average Bonchev–Trinajstić information content (AvgIpc) is 2.65. The Balaban J connectivity index is 2.27. The van der Waals surface area contributed by atoms with Crippen LogP contribution in [-0.4, -0.2) is 20.6 Å². The molecule has 0 unspecified atom stereocenters. The van der Waals surface area contributed by atoms with Crippen LogP contribution >= 0.6 is 11.3 Å². The third kappa shape index (κ3) is 3.08. The Morgan fingerprint density at radius 1 is 1.47 bits per heavy atom. The molecule has 0 fully saturated rings. The van der Waals surface area contributed by atoms with Gasteiger partial charge in [-0.2, -0.15) is 0 Å². The topological polar surface area (TPSA) is 72.2 Å². The number of aromatic nitrogens is 2. The monoisotopic (exact) mass is 278 g/mol. The van der Waals surface area contributed by atoms with E-state index in [1.807, 2.05) is 6.07 Å². The zero-order valence-electron chi connectivity index (χ0n) is 10.7. The Morgan fingerprint density at radius 2 is 2.21 bits per heavy atom. The number of rotatable bonds is 4. The molecule has 1 N–H and O–H groups in total. The number of carbonyl (C=O) groups is 1. The predicted molar refractivity (Wildman–Crippen MR) is 72.7 cm³/mol. The second-order valence-corrected chi connectivity index (χ2v) is 5.48. The summed E-state index contributed by atoms with van der Waals surface area (Å²) in [7, 11) is 0. The molecule has 2 aromatic heterocycles. The van der Waals surface area contributed by atoms with Crippen molar-refractivity contribution in [3.63, 3.8) is 0 Å². The molecule has 0 atom stereocenters. The lowest BCUT2D eigenvalue weighted by atomic mass is 10.3. The summed E-state index contributed by atoms with van der Waals surface area (Å²) in [5.41, 5.74) is 1.36. The molecule has 0 amide bonds. The zero-order valence-corrected chi connectivity index (χ0v) is 11.5. The van der Waals surface area contributed by atoms with Crippen molar-refractivity contribution in [3.8, 4) is 0 Å². The fraction of sp³-hybridized carbons (Fsp3) is 0.308. The SMILES string of the molecule is Cc1nc(Cn2cccc(C)c2=O)sc1CC(=O)O. The second kappa shape index (κ2) is 5.36. The lowest BCUT2D eigenvalue weighted by molar-refractivity contribution is -0.136. The minimum absolute atomic E-state index is 0.0216. The maximum atomic E-state index is 11.9. The van der Waals surface area contributed by atoms with Crippen LogP contribution in [0.4, 0.5) is 0 Å². The molecule has 2 rings (SSSR count). The number of carboxylic acid groups (broad SMARTS) is 1. The van der Waals surface area contributed by atoms with Gasteiger partial charge in [-0.25, -0.2) is 4.98 Å². The summed E-state index contributed by atoms with van der Waals surface area (Å²) in [6.07, 6.45) is 1.69. The van der Waals surface area contributed by atoms with E-state index in [2.05, 4.69) is 4.98 Å². The van der Waals surface area contributed by atoms with Crippen molar-refractivity contribution in [1.29, 1.82) is 0 Å². The Hall–Kier alpha value is -1.95. The third-order valence-electron chi connectivity index (χ3n) is 2.76. The van der Waals surface area contributed by atoms with Crippen LogP contribution in [0.1, 0.15) is 21.1 Å². The molecule has 0 aliphatic heterocycles. The molecule has 0 aliphatic carbocycles. The molecule has 19 heavy (non-hydrogen) atoms. The molecule has 0 aliphatic rings. The van der Waals surface area contributed by atoms with Crippen LogP contribution in [-0.2, 0) is 17.8 Å². The highest BCUT2D eigenvalue weighted by Gasteiger charge is 2.11. The van der Waals surface area contributed by atoms with Crippen LogP contribution < -0.4 is 5.56 Å². The lowest BCUT2D eigenvalue weighted by Crippen LogP contribution is -2.21. The quantitative estimate of drug-likeness (QED) is 0.922. The molecule has 0 saturated heterocycles. The van der Waals surface area contributed by atoms with Gasteiger partial charge in [0.25, 0.3) is 5.56 Å². The van der Waals surface area contributed by atoms with E-state index in [0.29, 0.717) is 12.1 Å². The number of hydrogen-bond acceptors (Lipinski definition) is 4. The molecule has 0 bridgehead atoms. The van der Waals surface area contributed by atoms with Crippen molar-refractivity contribution >= 4 is 17.3 Å². The van der Waals surface area contributed by atoms with Crippen molar-refractivity contribution in [2.75, 3.05) is 0 Å². The van der Waals surface area contributed by atoms with Gasteiger partial charge in [0.1, 0.15) is 5.01 Å². The van der Waals surface area contributed by atoms with E-state index in [0.717, 1.165) is 15.6 Å². The minimum Gasteiger partial charge on any atom is -0.481 e. The number of aliphatic carboxylic acids is 1. The molecule has 6 heteroatoms. The van der Waals surface area contributed by atoms with Gasteiger partial charge >= 0.3 is 5.97 Å². The van der Waals surface area contributed by atoms with E-state index in [4.69, 9.17) is 5.11 Å². The van der Waals surface area contributed by atoms with Crippen LogP contribution in [0.15, 0.2) is 23.1 Å². The largest absolute Gasteiger partial charge is 0.481 e. The first kappa shape index (κ1) is 13.5. The maximum Gasteiger partial charge on any atom is 0.308 e. The molecule has 0 spiro atoms. The zero-order chi connectivity index (χ0) is 14.0. The Bertz CT molecular complexity index is 673. The van der Waals surface area contributed by atoms with Gasteiger partial charge in [0.05, 0.1) is 18.7 Å². The predicted octanol–water partition coefficient (Wildman–Crippen LogP) is 1.60.